The van der Waals surface area contributed by atoms with Crippen LogP contribution in [0.1, 0.15) is 39.7 Å². The number of hydrogen-bond acceptors (Lipinski definition) is 9. The van der Waals surface area contributed by atoms with Crippen LogP contribution in [0.2, 0.25) is 0 Å². The molecule has 0 fully saturated rings. The van der Waals surface area contributed by atoms with E-state index in [0.29, 0.717) is 23.5 Å². The second-order valence-corrected chi connectivity index (χ2v) is 11.2. The Morgan fingerprint density at radius 2 is 1.90 bits per heavy atom. The molecule has 1 heterocycles. The number of nitrogens with zero attached hydrogens (tertiary/aromatic N) is 1. The lowest BCUT2D eigenvalue weighted by atomic mass is 10.0. The normalized spacial score (nSPS) is 13.2. The summed E-state index contributed by atoms with van der Waals surface area (Å²) in [6.45, 7) is 7.02. The van der Waals surface area contributed by atoms with Crippen molar-refractivity contribution in [2.75, 3.05) is 30.8 Å². The summed E-state index contributed by atoms with van der Waals surface area (Å²) in [5.74, 6) is 0.0736. The monoisotopic (exact) mass is 565 g/mol. The molecule has 2 aromatic carbocycles. The van der Waals surface area contributed by atoms with Crippen molar-refractivity contribution in [1.82, 2.24) is 5.32 Å². The Kier molecular flexibility index (Phi) is 9.73. The van der Waals surface area contributed by atoms with Crippen LogP contribution in [-0.2, 0) is 26.0 Å². The molecule has 0 radical (unpaired) electrons. The Bertz CT molecular complexity index is 1300. The number of nitrogens with two attached hydrogens (primary N) is 1. The molecule has 0 saturated carbocycles. The van der Waals surface area contributed by atoms with E-state index in [4.69, 9.17) is 24.7 Å². The molecule has 0 bridgehead atoms. The van der Waals surface area contributed by atoms with Gasteiger partial charge in [-0.2, -0.15) is 0 Å². The summed E-state index contributed by atoms with van der Waals surface area (Å²) >= 11 is 0. The van der Waals surface area contributed by atoms with Gasteiger partial charge in [-0.1, -0.05) is 26.8 Å². The number of carbonyl (C=O) groups is 2. The van der Waals surface area contributed by atoms with Crippen LogP contribution in [0.15, 0.2) is 35.2 Å². The third kappa shape index (κ3) is 7.37. The van der Waals surface area contributed by atoms with Crippen molar-refractivity contribution >= 4 is 27.7 Å². The van der Waals surface area contributed by atoms with Crippen molar-refractivity contribution in [3.8, 4) is 23.0 Å². The molecule has 0 saturated heterocycles. The van der Waals surface area contributed by atoms with E-state index >= 15 is 0 Å². The van der Waals surface area contributed by atoms with Crippen LogP contribution in [0.3, 0.4) is 0 Å². The van der Waals surface area contributed by atoms with Crippen molar-refractivity contribution < 1.29 is 42.1 Å². The number of amides is 2. The van der Waals surface area contributed by atoms with Gasteiger partial charge in [0.1, 0.15) is 29.9 Å². The second kappa shape index (κ2) is 12.8. The van der Waals surface area contributed by atoms with Crippen molar-refractivity contribution in [2.24, 2.45) is 11.7 Å². The van der Waals surface area contributed by atoms with Crippen LogP contribution in [-0.4, -0.2) is 58.1 Å². The molecule has 214 valence electrons. The molecule has 1 unspecified atom stereocenters. The topological polar surface area (TPSA) is 167 Å². The van der Waals surface area contributed by atoms with Gasteiger partial charge < -0.3 is 35.1 Å². The Hall–Kier alpha value is -3.87. The number of phenolic OH excluding ortho intramolecular Hbond substituents is 1. The smallest absolute Gasteiger partial charge is 0.404 e. The zero-order valence-corrected chi connectivity index (χ0v) is 23.2. The van der Waals surface area contributed by atoms with Gasteiger partial charge in [0.15, 0.2) is 11.5 Å². The first kappa shape index (κ1) is 29.7. The number of hydrogen-bond donors (Lipinski definition) is 3. The van der Waals surface area contributed by atoms with E-state index < -0.39 is 22.2 Å². The number of carbonyl (C=O) groups excluding carboxylic acids is 2. The van der Waals surface area contributed by atoms with E-state index in [9.17, 15) is 23.1 Å². The molecular formula is C26H35N3O9S. The summed E-state index contributed by atoms with van der Waals surface area (Å²) in [4.78, 5) is 22.5. The first-order valence-electron chi connectivity index (χ1n) is 12.5. The molecule has 3 rings (SSSR count). The van der Waals surface area contributed by atoms with Crippen LogP contribution >= 0.6 is 0 Å². The van der Waals surface area contributed by atoms with Gasteiger partial charge in [0, 0.05) is 31.5 Å². The second-order valence-electron chi connectivity index (χ2n) is 9.37. The van der Waals surface area contributed by atoms with Crippen LogP contribution in [0, 0.1) is 5.92 Å². The number of fused-ring (bicyclic) bond motifs is 1. The van der Waals surface area contributed by atoms with Gasteiger partial charge in [-0.05, 0) is 30.5 Å². The molecular weight excluding hydrogens is 530 g/mol. The van der Waals surface area contributed by atoms with E-state index in [1.807, 2.05) is 13.8 Å². The number of rotatable bonds is 13. The summed E-state index contributed by atoms with van der Waals surface area (Å²) < 4.78 is 50.9. The molecule has 2 amide bonds. The van der Waals surface area contributed by atoms with Gasteiger partial charge in [0.25, 0.3) is 10.0 Å². The van der Waals surface area contributed by atoms with Gasteiger partial charge in [-0.3, -0.25) is 9.10 Å². The predicted octanol–water partition coefficient (Wildman–Crippen LogP) is 2.90. The molecule has 0 aliphatic carbocycles. The lowest BCUT2D eigenvalue weighted by Gasteiger charge is -2.29. The fourth-order valence-electron chi connectivity index (χ4n) is 4.00. The minimum Gasteiger partial charge on any atom is -0.505 e. The number of ether oxygens (including phenoxy) is 4. The number of primary amides is 1. The number of nitrogens with one attached hydrogen (secondary N) is 1. The third-order valence-corrected chi connectivity index (χ3v) is 7.59. The van der Waals surface area contributed by atoms with E-state index in [0.717, 1.165) is 4.31 Å². The van der Waals surface area contributed by atoms with E-state index in [2.05, 4.69) is 5.32 Å². The molecule has 1 aliphatic heterocycles. The Balaban J connectivity index is 2.11. The van der Waals surface area contributed by atoms with Crippen molar-refractivity contribution in [3.63, 3.8) is 0 Å². The van der Waals surface area contributed by atoms with Crippen molar-refractivity contribution in [1.29, 1.82) is 0 Å². The average Bonchev–Trinajstić information content (AvgIpc) is 3.34. The lowest BCUT2D eigenvalue weighted by molar-refractivity contribution is -0.119. The molecule has 0 aromatic heterocycles. The fraction of sp³-hybridized carbons (Fsp3) is 0.462. The number of benzene rings is 2. The highest BCUT2D eigenvalue weighted by atomic mass is 32.2. The third-order valence-electron chi connectivity index (χ3n) is 5.83. The maximum absolute atomic E-state index is 14.0. The van der Waals surface area contributed by atoms with Crippen molar-refractivity contribution in [2.45, 2.75) is 51.5 Å². The number of anilines is 1. The van der Waals surface area contributed by atoms with Crippen LogP contribution in [0.25, 0.3) is 0 Å². The molecule has 0 spiro atoms. The summed E-state index contributed by atoms with van der Waals surface area (Å²) in [6.07, 6.45) is -1.09. The minimum absolute atomic E-state index is 0.00480. The minimum atomic E-state index is -4.25. The van der Waals surface area contributed by atoms with Gasteiger partial charge in [0.05, 0.1) is 11.4 Å². The van der Waals surface area contributed by atoms with Gasteiger partial charge in [-0.15, -0.1) is 0 Å². The molecule has 1 atom stereocenters. The van der Waals surface area contributed by atoms with Crippen LogP contribution in [0.4, 0.5) is 10.5 Å². The molecule has 2 aromatic rings. The summed E-state index contributed by atoms with van der Waals surface area (Å²) in [6, 6.07) is 7.40. The Labute approximate surface area is 228 Å². The molecule has 1 aliphatic rings. The van der Waals surface area contributed by atoms with Crippen LogP contribution < -0.4 is 29.6 Å². The fourth-order valence-corrected chi connectivity index (χ4v) is 5.66. The standard InChI is InChI=1S/C26H35N3O9S/c1-5-19(38-26(27)32)12-18-6-8-22(35-11-10-28-17(4)30)24(25(18)31)29(14-16(2)3)39(33,34)20-7-9-21-23(13-20)37-15-36-21/h6-9,13,16,19,31H,5,10-12,14-15H2,1-4H3,(H2,27,32)(H,28,30). The summed E-state index contributed by atoms with van der Waals surface area (Å²) in [5, 5.41) is 14.1. The number of phenols is 1. The largest absolute Gasteiger partial charge is 0.505 e. The SMILES string of the molecule is CCC(Cc1ccc(OCCNC(C)=O)c(N(CC(C)C)S(=O)(=O)c2ccc3c(c2)OCO3)c1O)OC(N)=O. The van der Waals surface area contributed by atoms with Crippen molar-refractivity contribution in [3.05, 3.63) is 35.9 Å². The first-order valence-corrected chi connectivity index (χ1v) is 14.0. The zero-order chi connectivity index (χ0) is 28.7. The Morgan fingerprint density at radius 3 is 2.54 bits per heavy atom. The average molecular weight is 566 g/mol. The summed E-state index contributed by atoms with van der Waals surface area (Å²) in [7, 11) is -4.25. The maximum Gasteiger partial charge on any atom is 0.404 e. The zero-order valence-electron chi connectivity index (χ0n) is 22.4. The van der Waals surface area contributed by atoms with Gasteiger partial charge in [0.2, 0.25) is 12.7 Å². The van der Waals surface area contributed by atoms with Crippen LogP contribution in [0.5, 0.6) is 23.0 Å². The maximum atomic E-state index is 14.0. The highest BCUT2D eigenvalue weighted by Crippen LogP contribution is 2.44. The molecule has 39 heavy (non-hydrogen) atoms. The van der Waals surface area contributed by atoms with Gasteiger partial charge >= 0.3 is 6.09 Å². The van der Waals surface area contributed by atoms with E-state index in [-0.39, 0.29) is 66.8 Å². The first-order chi connectivity index (χ1) is 18.4. The lowest BCUT2D eigenvalue weighted by Crippen LogP contribution is -2.35. The van der Waals surface area contributed by atoms with E-state index in [1.165, 1.54) is 31.2 Å². The number of aromatic hydroxyl groups is 1. The number of sulfonamides is 1. The molecule has 12 nitrogen and oxygen atoms in total. The predicted molar refractivity (Wildman–Crippen MR) is 143 cm³/mol. The van der Waals surface area contributed by atoms with E-state index in [1.54, 1.807) is 13.0 Å². The highest BCUT2D eigenvalue weighted by molar-refractivity contribution is 7.92. The quantitative estimate of drug-likeness (QED) is 0.309. The molecule has 4 N–H and O–H groups in total. The highest BCUT2D eigenvalue weighted by Gasteiger charge is 2.33. The Morgan fingerprint density at radius 1 is 1.18 bits per heavy atom. The molecule has 13 heteroatoms. The van der Waals surface area contributed by atoms with Gasteiger partial charge in [-0.25, -0.2) is 13.2 Å². The summed E-state index contributed by atoms with van der Waals surface area (Å²) in [5.41, 5.74) is 5.45.